The Hall–Kier alpha value is -1.55. The van der Waals surface area contributed by atoms with Gasteiger partial charge in [0, 0.05) is 20.6 Å². The standard InChI is InChI=1S/C15H24N2O2/c1-11(2)8-14(15(19)17(3)4)16-10-12-6-5-7-13(18)9-12/h5-7,9,11,14,16,18H,8,10H2,1-4H3. The van der Waals surface area contributed by atoms with Gasteiger partial charge in [-0.1, -0.05) is 26.0 Å². The van der Waals surface area contributed by atoms with E-state index in [2.05, 4.69) is 19.2 Å². The van der Waals surface area contributed by atoms with Crippen LogP contribution in [0.4, 0.5) is 0 Å². The summed E-state index contributed by atoms with van der Waals surface area (Å²) in [5, 5.41) is 12.7. The lowest BCUT2D eigenvalue weighted by Crippen LogP contribution is -2.44. The number of nitrogens with one attached hydrogen (secondary N) is 1. The van der Waals surface area contributed by atoms with Gasteiger partial charge < -0.3 is 15.3 Å². The molecular formula is C15H24N2O2. The number of hydrogen-bond donors (Lipinski definition) is 2. The average Bonchev–Trinajstić information content (AvgIpc) is 2.33. The van der Waals surface area contributed by atoms with Gasteiger partial charge in [-0.05, 0) is 30.0 Å². The normalized spacial score (nSPS) is 12.5. The molecule has 19 heavy (non-hydrogen) atoms. The monoisotopic (exact) mass is 264 g/mol. The second-order valence-electron chi connectivity index (χ2n) is 5.47. The second-order valence-corrected chi connectivity index (χ2v) is 5.47. The summed E-state index contributed by atoms with van der Waals surface area (Å²) < 4.78 is 0. The lowest BCUT2D eigenvalue weighted by atomic mass is 10.0. The van der Waals surface area contributed by atoms with E-state index in [1.807, 2.05) is 6.07 Å². The first kappa shape index (κ1) is 15.5. The van der Waals surface area contributed by atoms with Crippen molar-refractivity contribution in [3.05, 3.63) is 29.8 Å². The topological polar surface area (TPSA) is 52.6 Å². The number of phenolic OH excluding ortho intramolecular Hbond substituents is 1. The lowest BCUT2D eigenvalue weighted by molar-refractivity contribution is -0.131. The van der Waals surface area contributed by atoms with Crippen molar-refractivity contribution < 1.29 is 9.90 Å². The van der Waals surface area contributed by atoms with Crippen molar-refractivity contribution in [3.63, 3.8) is 0 Å². The Kier molecular flexibility index (Phi) is 5.83. The van der Waals surface area contributed by atoms with E-state index in [-0.39, 0.29) is 17.7 Å². The fourth-order valence-electron chi connectivity index (χ4n) is 1.96. The maximum absolute atomic E-state index is 12.1. The van der Waals surface area contributed by atoms with Crippen LogP contribution in [0.25, 0.3) is 0 Å². The molecule has 0 aliphatic heterocycles. The van der Waals surface area contributed by atoms with Crippen LogP contribution >= 0.6 is 0 Å². The first-order valence-electron chi connectivity index (χ1n) is 6.62. The van der Waals surface area contributed by atoms with E-state index in [1.54, 1.807) is 37.2 Å². The minimum atomic E-state index is -0.183. The summed E-state index contributed by atoms with van der Waals surface area (Å²) in [6.45, 7) is 4.78. The van der Waals surface area contributed by atoms with E-state index in [9.17, 15) is 9.90 Å². The van der Waals surface area contributed by atoms with E-state index in [0.29, 0.717) is 12.5 Å². The predicted octanol–water partition coefficient (Wildman–Crippen LogP) is 1.98. The van der Waals surface area contributed by atoms with Gasteiger partial charge >= 0.3 is 0 Å². The van der Waals surface area contributed by atoms with Crippen LogP contribution in [0.15, 0.2) is 24.3 Å². The van der Waals surface area contributed by atoms with Gasteiger partial charge in [0.1, 0.15) is 5.75 Å². The molecule has 0 radical (unpaired) electrons. The summed E-state index contributed by atoms with van der Waals surface area (Å²) >= 11 is 0. The minimum Gasteiger partial charge on any atom is -0.508 e. The van der Waals surface area contributed by atoms with Gasteiger partial charge in [-0.2, -0.15) is 0 Å². The van der Waals surface area contributed by atoms with Gasteiger partial charge in [-0.15, -0.1) is 0 Å². The van der Waals surface area contributed by atoms with E-state index < -0.39 is 0 Å². The molecule has 106 valence electrons. The fraction of sp³-hybridized carbons (Fsp3) is 0.533. The summed E-state index contributed by atoms with van der Waals surface area (Å²) in [5.74, 6) is 0.790. The molecular weight excluding hydrogens is 240 g/mol. The quantitative estimate of drug-likeness (QED) is 0.826. The summed E-state index contributed by atoms with van der Waals surface area (Å²) in [6, 6.07) is 6.90. The van der Waals surface area contributed by atoms with Crippen molar-refractivity contribution in [2.75, 3.05) is 14.1 Å². The third-order valence-corrected chi connectivity index (χ3v) is 2.91. The summed E-state index contributed by atoms with van der Waals surface area (Å²) in [6.07, 6.45) is 0.801. The number of carbonyl (C=O) groups excluding carboxylic acids is 1. The Bertz CT molecular complexity index is 416. The molecule has 1 amide bonds. The fourth-order valence-corrected chi connectivity index (χ4v) is 1.96. The van der Waals surface area contributed by atoms with Crippen LogP contribution in [0.2, 0.25) is 0 Å². The molecule has 0 bridgehead atoms. The largest absolute Gasteiger partial charge is 0.508 e. The van der Waals surface area contributed by atoms with Gasteiger partial charge in [0.2, 0.25) is 5.91 Å². The van der Waals surface area contributed by atoms with Crippen LogP contribution in [0.3, 0.4) is 0 Å². The van der Waals surface area contributed by atoms with Crippen molar-refractivity contribution in [2.45, 2.75) is 32.9 Å². The third kappa shape index (κ3) is 5.30. The van der Waals surface area contributed by atoms with Crippen LogP contribution in [0, 0.1) is 5.92 Å². The number of hydrogen-bond acceptors (Lipinski definition) is 3. The van der Waals surface area contributed by atoms with E-state index in [4.69, 9.17) is 0 Å². The first-order chi connectivity index (χ1) is 8.90. The number of rotatable bonds is 6. The highest BCUT2D eigenvalue weighted by atomic mass is 16.3. The third-order valence-electron chi connectivity index (χ3n) is 2.91. The number of amides is 1. The Labute approximate surface area is 115 Å². The average molecular weight is 264 g/mol. The molecule has 0 saturated heterocycles. The van der Waals surface area contributed by atoms with Gasteiger partial charge in [0.05, 0.1) is 6.04 Å². The molecule has 0 aromatic heterocycles. The van der Waals surface area contributed by atoms with Crippen molar-refractivity contribution in [3.8, 4) is 5.75 Å². The number of carbonyl (C=O) groups is 1. The molecule has 4 heteroatoms. The van der Waals surface area contributed by atoms with Crippen LogP contribution in [-0.4, -0.2) is 36.1 Å². The lowest BCUT2D eigenvalue weighted by Gasteiger charge is -2.23. The Balaban J connectivity index is 2.65. The molecule has 1 aromatic rings. The second kappa shape index (κ2) is 7.14. The number of nitrogens with zero attached hydrogens (tertiary/aromatic N) is 1. The summed E-state index contributed by atoms with van der Waals surface area (Å²) in [5.41, 5.74) is 0.973. The van der Waals surface area contributed by atoms with Crippen LogP contribution in [-0.2, 0) is 11.3 Å². The highest BCUT2D eigenvalue weighted by Crippen LogP contribution is 2.12. The van der Waals surface area contributed by atoms with Crippen molar-refractivity contribution in [1.29, 1.82) is 0 Å². The molecule has 0 heterocycles. The molecule has 4 nitrogen and oxygen atoms in total. The van der Waals surface area contributed by atoms with Crippen LogP contribution < -0.4 is 5.32 Å². The molecule has 0 spiro atoms. The molecule has 0 aliphatic carbocycles. The molecule has 0 fully saturated rings. The van der Waals surface area contributed by atoms with Gasteiger partial charge in [-0.3, -0.25) is 4.79 Å². The molecule has 2 N–H and O–H groups in total. The Morgan fingerprint density at radius 3 is 2.58 bits per heavy atom. The highest BCUT2D eigenvalue weighted by Gasteiger charge is 2.20. The van der Waals surface area contributed by atoms with Crippen molar-refractivity contribution in [2.24, 2.45) is 5.92 Å². The zero-order valence-electron chi connectivity index (χ0n) is 12.2. The summed E-state index contributed by atoms with van der Waals surface area (Å²) in [7, 11) is 3.54. The minimum absolute atomic E-state index is 0.0915. The van der Waals surface area contributed by atoms with E-state index in [1.165, 1.54) is 0 Å². The number of likely N-dealkylation sites (N-methyl/N-ethyl adjacent to an activating group) is 1. The molecule has 1 aromatic carbocycles. The molecule has 1 rings (SSSR count). The zero-order valence-corrected chi connectivity index (χ0v) is 12.2. The van der Waals surface area contributed by atoms with Crippen molar-refractivity contribution in [1.82, 2.24) is 10.2 Å². The molecule has 1 unspecified atom stereocenters. The Morgan fingerprint density at radius 2 is 2.05 bits per heavy atom. The van der Waals surface area contributed by atoms with Gasteiger partial charge in [-0.25, -0.2) is 0 Å². The molecule has 0 aliphatic rings. The Morgan fingerprint density at radius 1 is 1.37 bits per heavy atom. The zero-order chi connectivity index (χ0) is 14.4. The molecule has 0 saturated carbocycles. The SMILES string of the molecule is CC(C)CC(NCc1cccc(O)c1)C(=O)N(C)C. The number of phenols is 1. The summed E-state index contributed by atoms with van der Waals surface area (Å²) in [4.78, 5) is 13.7. The smallest absolute Gasteiger partial charge is 0.239 e. The maximum atomic E-state index is 12.1. The van der Waals surface area contributed by atoms with E-state index in [0.717, 1.165) is 12.0 Å². The van der Waals surface area contributed by atoms with Crippen molar-refractivity contribution >= 4 is 5.91 Å². The highest BCUT2D eigenvalue weighted by molar-refractivity contribution is 5.81. The van der Waals surface area contributed by atoms with Gasteiger partial charge in [0.15, 0.2) is 0 Å². The predicted molar refractivity (Wildman–Crippen MR) is 76.9 cm³/mol. The van der Waals surface area contributed by atoms with Gasteiger partial charge in [0.25, 0.3) is 0 Å². The molecule has 1 atom stereocenters. The van der Waals surface area contributed by atoms with Crippen LogP contribution in [0.5, 0.6) is 5.75 Å². The van der Waals surface area contributed by atoms with Crippen LogP contribution in [0.1, 0.15) is 25.8 Å². The first-order valence-corrected chi connectivity index (χ1v) is 6.62. The number of benzene rings is 1. The maximum Gasteiger partial charge on any atom is 0.239 e. The van der Waals surface area contributed by atoms with E-state index >= 15 is 0 Å². The number of aromatic hydroxyl groups is 1.